The number of nitrogens with zero attached hydrogens (tertiary/aromatic N) is 3. The van der Waals surface area contributed by atoms with Gasteiger partial charge in [-0.25, -0.2) is 4.98 Å². The van der Waals surface area contributed by atoms with Crippen LogP contribution in [0.2, 0.25) is 0 Å². The van der Waals surface area contributed by atoms with Crippen molar-refractivity contribution in [2.24, 2.45) is 5.92 Å². The molecule has 4 heteroatoms. The normalized spacial score (nSPS) is 18.6. The molecule has 0 atom stereocenters. The maximum Gasteiger partial charge on any atom is 0.227 e. The number of benzene rings is 2. The SMILES string of the molecule is c1ccc(CC2CCN(c3nc(NC4CCCCC4)c4ccccc4n3)CC2)cc1. The Morgan fingerprint density at radius 2 is 1.53 bits per heavy atom. The van der Waals surface area contributed by atoms with E-state index >= 15 is 0 Å². The Labute approximate surface area is 179 Å². The third-order valence-corrected chi connectivity index (χ3v) is 6.80. The van der Waals surface area contributed by atoms with Gasteiger partial charge < -0.3 is 10.2 Å². The topological polar surface area (TPSA) is 41.1 Å². The molecule has 2 heterocycles. The molecule has 1 aliphatic carbocycles. The molecule has 2 aromatic carbocycles. The van der Waals surface area contributed by atoms with E-state index in [1.165, 1.54) is 56.9 Å². The summed E-state index contributed by atoms with van der Waals surface area (Å²) < 4.78 is 0. The van der Waals surface area contributed by atoms with Crippen LogP contribution in [-0.4, -0.2) is 29.1 Å². The standard InChI is InChI=1S/C26H32N4/c1-3-9-20(10-4-1)19-21-15-17-30(18-16-21)26-28-24-14-8-7-13-23(24)25(29-26)27-22-11-5-2-6-12-22/h1,3-4,7-10,13-14,21-22H,2,5-6,11-12,15-19H2,(H,27,28,29). The fourth-order valence-corrected chi connectivity index (χ4v) is 5.04. The molecule has 0 spiro atoms. The van der Waals surface area contributed by atoms with Gasteiger partial charge in [0.15, 0.2) is 0 Å². The minimum Gasteiger partial charge on any atom is -0.367 e. The second kappa shape index (κ2) is 9.03. The highest BCUT2D eigenvalue weighted by molar-refractivity contribution is 5.90. The molecule has 4 nitrogen and oxygen atoms in total. The molecule has 5 rings (SSSR count). The maximum absolute atomic E-state index is 5.03. The first kappa shape index (κ1) is 19.3. The smallest absolute Gasteiger partial charge is 0.227 e. The first-order chi connectivity index (χ1) is 14.8. The molecule has 1 aromatic heterocycles. The quantitative estimate of drug-likeness (QED) is 0.585. The second-order valence-corrected chi connectivity index (χ2v) is 8.99. The van der Waals surface area contributed by atoms with E-state index in [0.717, 1.165) is 41.7 Å². The lowest BCUT2D eigenvalue weighted by Crippen LogP contribution is -2.35. The van der Waals surface area contributed by atoms with Crippen molar-refractivity contribution in [3.05, 3.63) is 60.2 Å². The fraction of sp³-hybridized carbons (Fsp3) is 0.462. The molecule has 2 aliphatic rings. The van der Waals surface area contributed by atoms with Gasteiger partial charge in [0.05, 0.1) is 5.52 Å². The molecule has 0 bridgehead atoms. The fourth-order valence-electron chi connectivity index (χ4n) is 5.04. The zero-order valence-corrected chi connectivity index (χ0v) is 17.8. The van der Waals surface area contributed by atoms with Crippen LogP contribution >= 0.6 is 0 Å². The summed E-state index contributed by atoms with van der Waals surface area (Å²) in [6.45, 7) is 2.08. The highest BCUT2D eigenvalue weighted by Gasteiger charge is 2.23. The number of rotatable bonds is 5. The van der Waals surface area contributed by atoms with Crippen molar-refractivity contribution >= 4 is 22.7 Å². The van der Waals surface area contributed by atoms with E-state index in [-0.39, 0.29) is 0 Å². The number of nitrogens with one attached hydrogen (secondary N) is 1. The molecule has 1 saturated heterocycles. The van der Waals surface area contributed by atoms with Gasteiger partial charge in [-0.1, -0.05) is 61.7 Å². The molecule has 1 saturated carbocycles. The zero-order valence-electron chi connectivity index (χ0n) is 17.8. The average Bonchev–Trinajstić information content (AvgIpc) is 2.81. The van der Waals surface area contributed by atoms with Gasteiger partial charge in [-0.3, -0.25) is 0 Å². The van der Waals surface area contributed by atoms with Crippen molar-refractivity contribution in [2.45, 2.75) is 57.4 Å². The summed E-state index contributed by atoms with van der Waals surface area (Å²) >= 11 is 0. The molecule has 156 valence electrons. The Morgan fingerprint density at radius 3 is 2.33 bits per heavy atom. The van der Waals surface area contributed by atoms with Crippen molar-refractivity contribution in [2.75, 3.05) is 23.3 Å². The maximum atomic E-state index is 5.03. The Kier molecular flexibility index (Phi) is 5.82. The highest BCUT2D eigenvalue weighted by Crippen LogP contribution is 2.29. The molecule has 1 N–H and O–H groups in total. The number of anilines is 2. The van der Waals surface area contributed by atoms with Crippen molar-refractivity contribution in [3.63, 3.8) is 0 Å². The van der Waals surface area contributed by atoms with E-state index in [1.807, 2.05) is 0 Å². The molecular weight excluding hydrogens is 368 g/mol. The number of hydrogen-bond donors (Lipinski definition) is 1. The lowest BCUT2D eigenvalue weighted by molar-refractivity contribution is 0.401. The summed E-state index contributed by atoms with van der Waals surface area (Å²) in [6, 6.07) is 19.9. The van der Waals surface area contributed by atoms with Crippen molar-refractivity contribution < 1.29 is 0 Å². The lowest BCUT2D eigenvalue weighted by atomic mass is 9.90. The molecule has 0 radical (unpaired) electrons. The van der Waals surface area contributed by atoms with Crippen LogP contribution in [0.3, 0.4) is 0 Å². The van der Waals surface area contributed by atoms with Gasteiger partial charge in [-0.15, -0.1) is 0 Å². The van der Waals surface area contributed by atoms with Crippen molar-refractivity contribution in [1.29, 1.82) is 0 Å². The molecular formula is C26H32N4. The summed E-state index contributed by atoms with van der Waals surface area (Å²) in [5.74, 6) is 2.67. The summed E-state index contributed by atoms with van der Waals surface area (Å²) in [4.78, 5) is 12.4. The number of fused-ring (bicyclic) bond motifs is 1. The third-order valence-electron chi connectivity index (χ3n) is 6.80. The number of hydrogen-bond acceptors (Lipinski definition) is 4. The van der Waals surface area contributed by atoms with Crippen LogP contribution in [0.25, 0.3) is 10.9 Å². The minimum absolute atomic E-state index is 0.543. The van der Waals surface area contributed by atoms with Crippen molar-refractivity contribution in [1.82, 2.24) is 9.97 Å². The van der Waals surface area contributed by atoms with E-state index in [1.54, 1.807) is 0 Å². The van der Waals surface area contributed by atoms with E-state index in [9.17, 15) is 0 Å². The van der Waals surface area contributed by atoms with Crippen LogP contribution in [-0.2, 0) is 6.42 Å². The Hall–Kier alpha value is -2.62. The van der Waals surface area contributed by atoms with Gasteiger partial charge in [0.1, 0.15) is 5.82 Å². The van der Waals surface area contributed by atoms with Gasteiger partial charge in [-0.05, 0) is 55.7 Å². The third kappa shape index (κ3) is 4.43. The molecule has 2 fully saturated rings. The van der Waals surface area contributed by atoms with Gasteiger partial charge >= 0.3 is 0 Å². The summed E-state index contributed by atoms with van der Waals surface area (Å²) in [6.07, 6.45) is 10.1. The lowest BCUT2D eigenvalue weighted by Gasteiger charge is -2.32. The van der Waals surface area contributed by atoms with Gasteiger partial charge in [-0.2, -0.15) is 4.98 Å². The molecule has 0 amide bonds. The minimum atomic E-state index is 0.543. The van der Waals surface area contributed by atoms with Gasteiger partial charge in [0, 0.05) is 24.5 Å². The largest absolute Gasteiger partial charge is 0.367 e. The summed E-state index contributed by atoms with van der Waals surface area (Å²) in [7, 11) is 0. The predicted molar refractivity (Wildman–Crippen MR) is 125 cm³/mol. The molecule has 30 heavy (non-hydrogen) atoms. The first-order valence-corrected chi connectivity index (χ1v) is 11.7. The molecule has 1 aliphatic heterocycles. The highest BCUT2D eigenvalue weighted by atomic mass is 15.3. The van der Waals surface area contributed by atoms with Crippen molar-refractivity contribution in [3.8, 4) is 0 Å². The van der Waals surface area contributed by atoms with Gasteiger partial charge in [0.2, 0.25) is 5.95 Å². The zero-order chi connectivity index (χ0) is 20.2. The van der Waals surface area contributed by atoms with Gasteiger partial charge in [0.25, 0.3) is 0 Å². The van der Waals surface area contributed by atoms with E-state index in [0.29, 0.717) is 6.04 Å². The number of para-hydroxylation sites is 1. The van der Waals surface area contributed by atoms with Crippen LogP contribution in [0, 0.1) is 5.92 Å². The summed E-state index contributed by atoms with van der Waals surface area (Å²) in [5.41, 5.74) is 2.50. The van der Waals surface area contributed by atoms with Crippen LogP contribution in [0.15, 0.2) is 54.6 Å². The first-order valence-electron chi connectivity index (χ1n) is 11.7. The number of aromatic nitrogens is 2. The Bertz CT molecular complexity index is 957. The van der Waals surface area contributed by atoms with Crippen LogP contribution < -0.4 is 10.2 Å². The molecule has 0 unspecified atom stereocenters. The average molecular weight is 401 g/mol. The Balaban J connectivity index is 1.32. The summed E-state index contributed by atoms with van der Waals surface area (Å²) in [5, 5.41) is 4.91. The second-order valence-electron chi connectivity index (χ2n) is 8.99. The van der Waals surface area contributed by atoms with E-state index in [2.05, 4.69) is 64.8 Å². The van der Waals surface area contributed by atoms with E-state index in [4.69, 9.17) is 9.97 Å². The van der Waals surface area contributed by atoms with E-state index < -0.39 is 0 Å². The van der Waals surface area contributed by atoms with Crippen LogP contribution in [0.5, 0.6) is 0 Å². The van der Waals surface area contributed by atoms with Crippen LogP contribution in [0.1, 0.15) is 50.5 Å². The van der Waals surface area contributed by atoms with Crippen LogP contribution in [0.4, 0.5) is 11.8 Å². The number of piperidine rings is 1. The predicted octanol–water partition coefficient (Wildman–Crippen LogP) is 5.83. The Morgan fingerprint density at radius 1 is 0.800 bits per heavy atom. The monoisotopic (exact) mass is 400 g/mol. The molecule has 3 aromatic rings.